The van der Waals surface area contributed by atoms with E-state index >= 15 is 0 Å². The molecule has 1 N–H and O–H groups in total. The molecule has 16 heavy (non-hydrogen) atoms. The Hall–Kier alpha value is 0.200. The minimum atomic E-state index is 0. The molecule has 2 rings (SSSR count). The maximum atomic E-state index is 6.12. The molecule has 2 unspecified atom stereocenters. The second-order valence-corrected chi connectivity index (χ2v) is 5.69. The van der Waals surface area contributed by atoms with Crippen LogP contribution in [0.15, 0.2) is 11.4 Å². The van der Waals surface area contributed by atoms with Gasteiger partial charge in [-0.05, 0) is 30.9 Å². The van der Waals surface area contributed by atoms with Crippen molar-refractivity contribution in [1.82, 2.24) is 10.2 Å². The Morgan fingerprint density at radius 2 is 2.31 bits per heavy atom. The molecular weight excluding hydrogens is 263 g/mol. The van der Waals surface area contributed by atoms with E-state index in [4.69, 9.17) is 11.6 Å². The predicted molar refractivity (Wildman–Crippen MR) is 73.9 cm³/mol. The number of nitrogens with one attached hydrogen (secondary N) is 1. The fourth-order valence-corrected chi connectivity index (χ4v) is 2.91. The lowest BCUT2D eigenvalue weighted by molar-refractivity contribution is 0.131. The number of piperazine rings is 1. The number of hydrogen-bond donors (Lipinski definition) is 1. The molecule has 0 bridgehead atoms. The molecular formula is C11H18Cl2N2S. The van der Waals surface area contributed by atoms with E-state index in [-0.39, 0.29) is 12.4 Å². The zero-order chi connectivity index (χ0) is 10.8. The summed E-state index contributed by atoms with van der Waals surface area (Å²) in [6.45, 7) is 7.68. The lowest BCUT2D eigenvalue weighted by Gasteiger charge is -2.38. The van der Waals surface area contributed by atoms with Crippen LogP contribution in [0.5, 0.6) is 0 Å². The van der Waals surface area contributed by atoms with E-state index in [9.17, 15) is 0 Å². The smallest absolute Gasteiger partial charge is 0.0973 e. The van der Waals surface area contributed by atoms with Crippen molar-refractivity contribution in [3.05, 3.63) is 21.3 Å². The van der Waals surface area contributed by atoms with E-state index < -0.39 is 0 Å². The summed E-state index contributed by atoms with van der Waals surface area (Å²) in [6.07, 6.45) is 0. The molecule has 1 aromatic rings. The molecule has 1 aromatic heterocycles. The summed E-state index contributed by atoms with van der Waals surface area (Å²) in [5.74, 6) is 0. The van der Waals surface area contributed by atoms with Gasteiger partial charge in [0, 0.05) is 31.7 Å². The van der Waals surface area contributed by atoms with Gasteiger partial charge in [0.15, 0.2) is 0 Å². The van der Waals surface area contributed by atoms with Gasteiger partial charge in [-0.2, -0.15) is 0 Å². The number of thiophene rings is 1. The van der Waals surface area contributed by atoms with Gasteiger partial charge in [-0.15, -0.1) is 23.7 Å². The van der Waals surface area contributed by atoms with Gasteiger partial charge in [0.25, 0.3) is 0 Å². The van der Waals surface area contributed by atoms with Crippen LogP contribution >= 0.6 is 35.3 Å². The summed E-state index contributed by atoms with van der Waals surface area (Å²) in [4.78, 5) is 2.50. The van der Waals surface area contributed by atoms with E-state index in [1.807, 2.05) is 0 Å². The molecule has 2 heterocycles. The van der Waals surface area contributed by atoms with Crippen molar-refractivity contribution in [1.29, 1.82) is 0 Å². The van der Waals surface area contributed by atoms with Gasteiger partial charge < -0.3 is 5.32 Å². The first kappa shape index (κ1) is 14.3. The minimum Gasteiger partial charge on any atom is -0.311 e. The molecule has 0 spiro atoms. The van der Waals surface area contributed by atoms with Gasteiger partial charge in [-0.3, -0.25) is 4.90 Å². The van der Waals surface area contributed by atoms with Crippen molar-refractivity contribution < 1.29 is 0 Å². The zero-order valence-electron chi connectivity index (χ0n) is 9.57. The third kappa shape index (κ3) is 3.11. The molecule has 0 aliphatic carbocycles. The van der Waals surface area contributed by atoms with Crippen molar-refractivity contribution >= 4 is 35.3 Å². The Morgan fingerprint density at radius 1 is 1.56 bits per heavy atom. The Labute approximate surface area is 112 Å². The molecule has 1 fully saturated rings. The van der Waals surface area contributed by atoms with Crippen LogP contribution in [0, 0.1) is 0 Å². The fraction of sp³-hybridized carbons (Fsp3) is 0.636. The molecule has 92 valence electrons. The highest BCUT2D eigenvalue weighted by Gasteiger charge is 2.24. The molecule has 1 aliphatic rings. The Bertz CT molecular complexity index is 330. The number of hydrogen-bond acceptors (Lipinski definition) is 3. The third-order valence-electron chi connectivity index (χ3n) is 3.23. The zero-order valence-corrected chi connectivity index (χ0v) is 12.0. The molecule has 1 aliphatic heterocycles. The van der Waals surface area contributed by atoms with Gasteiger partial charge >= 0.3 is 0 Å². The number of rotatable bonds is 2. The summed E-state index contributed by atoms with van der Waals surface area (Å²) in [5, 5.41) is 5.55. The highest BCUT2D eigenvalue weighted by Crippen LogP contribution is 2.25. The molecule has 1 saturated heterocycles. The van der Waals surface area contributed by atoms with Crippen molar-refractivity contribution in [2.45, 2.75) is 32.5 Å². The molecule has 0 amide bonds. The SMILES string of the molecule is CC1NCCN(Cc2ccsc2Cl)C1C.Cl. The second kappa shape index (κ2) is 6.22. The summed E-state index contributed by atoms with van der Waals surface area (Å²) in [5.41, 5.74) is 1.27. The van der Waals surface area contributed by atoms with Crippen LogP contribution in [0.1, 0.15) is 19.4 Å². The first-order chi connectivity index (χ1) is 7.18. The minimum absolute atomic E-state index is 0. The Balaban J connectivity index is 0.00000128. The Morgan fingerprint density at radius 3 is 2.94 bits per heavy atom. The van der Waals surface area contributed by atoms with Gasteiger partial charge in [-0.25, -0.2) is 0 Å². The molecule has 2 atom stereocenters. The van der Waals surface area contributed by atoms with E-state index in [0.717, 1.165) is 24.0 Å². The van der Waals surface area contributed by atoms with Gasteiger partial charge in [0.05, 0.1) is 4.34 Å². The molecule has 2 nitrogen and oxygen atoms in total. The molecule has 0 aromatic carbocycles. The van der Waals surface area contributed by atoms with Crippen LogP contribution in [-0.4, -0.2) is 30.1 Å². The maximum Gasteiger partial charge on any atom is 0.0973 e. The van der Waals surface area contributed by atoms with Crippen molar-refractivity contribution in [2.75, 3.05) is 13.1 Å². The first-order valence-corrected chi connectivity index (χ1v) is 6.63. The van der Waals surface area contributed by atoms with Crippen molar-refractivity contribution in [3.63, 3.8) is 0 Å². The van der Waals surface area contributed by atoms with Crippen LogP contribution in [0.25, 0.3) is 0 Å². The largest absolute Gasteiger partial charge is 0.311 e. The predicted octanol–water partition coefficient (Wildman–Crippen LogP) is 3.01. The van der Waals surface area contributed by atoms with E-state index in [1.54, 1.807) is 11.3 Å². The van der Waals surface area contributed by atoms with Crippen molar-refractivity contribution in [3.8, 4) is 0 Å². The summed E-state index contributed by atoms with van der Waals surface area (Å²) in [6, 6.07) is 3.28. The topological polar surface area (TPSA) is 15.3 Å². The highest BCUT2D eigenvalue weighted by molar-refractivity contribution is 7.14. The summed E-state index contributed by atoms with van der Waals surface area (Å²) < 4.78 is 0.938. The standard InChI is InChI=1S/C11H17ClN2S.ClH/c1-8-9(2)14(5-4-13-8)7-10-3-6-15-11(10)12;/h3,6,8-9,13H,4-5,7H2,1-2H3;1H. The molecule has 0 saturated carbocycles. The average Bonchev–Trinajstić information content (AvgIpc) is 2.60. The fourth-order valence-electron chi connectivity index (χ4n) is 2.00. The monoisotopic (exact) mass is 280 g/mol. The van der Waals surface area contributed by atoms with E-state index in [1.165, 1.54) is 5.56 Å². The number of halogens is 2. The van der Waals surface area contributed by atoms with E-state index in [2.05, 4.69) is 35.5 Å². The molecule has 0 radical (unpaired) electrons. The van der Waals surface area contributed by atoms with Crippen LogP contribution in [-0.2, 0) is 6.54 Å². The molecule has 5 heteroatoms. The van der Waals surface area contributed by atoms with Crippen LogP contribution < -0.4 is 5.32 Å². The lowest BCUT2D eigenvalue weighted by Crippen LogP contribution is -2.54. The van der Waals surface area contributed by atoms with Gasteiger partial charge in [0.2, 0.25) is 0 Å². The van der Waals surface area contributed by atoms with Gasteiger partial charge in [-0.1, -0.05) is 11.6 Å². The first-order valence-electron chi connectivity index (χ1n) is 5.38. The second-order valence-electron chi connectivity index (χ2n) is 4.17. The Kier molecular flexibility index (Phi) is 5.54. The van der Waals surface area contributed by atoms with Gasteiger partial charge in [0.1, 0.15) is 0 Å². The van der Waals surface area contributed by atoms with Crippen LogP contribution in [0.2, 0.25) is 4.34 Å². The van der Waals surface area contributed by atoms with E-state index in [0.29, 0.717) is 12.1 Å². The maximum absolute atomic E-state index is 6.12. The quantitative estimate of drug-likeness (QED) is 0.896. The average molecular weight is 281 g/mol. The third-order valence-corrected chi connectivity index (χ3v) is 4.48. The summed E-state index contributed by atoms with van der Waals surface area (Å²) in [7, 11) is 0. The highest BCUT2D eigenvalue weighted by atomic mass is 35.5. The lowest BCUT2D eigenvalue weighted by atomic mass is 10.1. The summed E-state index contributed by atoms with van der Waals surface area (Å²) >= 11 is 7.74. The normalized spacial score (nSPS) is 26.4. The number of nitrogens with zero attached hydrogens (tertiary/aromatic N) is 1. The van der Waals surface area contributed by atoms with Crippen LogP contribution in [0.4, 0.5) is 0 Å². The van der Waals surface area contributed by atoms with Crippen molar-refractivity contribution in [2.24, 2.45) is 0 Å². The van der Waals surface area contributed by atoms with Crippen LogP contribution in [0.3, 0.4) is 0 Å².